The van der Waals surface area contributed by atoms with Crippen molar-refractivity contribution in [3.05, 3.63) is 23.3 Å². The van der Waals surface area contributed by atoms with Crippen LogP contribution in [-0.4, -0.2) is 30.8 Å². The molecule has 0 atom stereocenters. The standard InChI is InChI=1S/C13H16N2O3S2/c1-4-20(17,18)7-10(16)14-13-15-11-8(2)5-6-9(3)12(11)19-13/h5-6H,4,7H2,1-3H3,(H,14,15,16). The van der Waals surface area contributed by atoms with Crippen LogP contribution >= 0.6 is 11.3 Å². The molecule has 2 rings (SSSR count). The second-order valence-corrected chi connectivity index (χ2v) is 7.97. The van der Waals surface area contributed by atoms with Crippen LogP contribution in [0.1, 0.15) is 18.1 Å². The normalized spacial score (nSPS) is 11.8. The van der Waals surface area contributed by atoms with Gasteiger partial charge in [-0.05, 0) is 25.0 Å². The van der Waals surface area contributed by atoms with Crippen LogP contribution in [0.5, 0.6) is 0 Å². The largest absolute Gasteiger partial charge is 0.301 e. The number of hydrogen-bond donors (Lipinski definition) is 1. The summed E-state index contributed by atoms with van der Waals surface area (Å²) < 4.78 is 23.8. The predicted molar refractivity (Wildman–Crippen MR) is 82.1 cm³/mol. The van der Waals surface area contributed by atoms with Crippen molar-refractivity contribution in [3.8, 4) is 0 Å². The van der Waals surface area contributed by atoms with Crippen LogP contribution in [0.15, 0.2) is 12.1 Å². The number of rotatable bonds is 4. The molecule has 1 amide bonds. The Morgan fingerprint density at radius 1 is 1.30 bits per heavy atom. The Hall–Kier alpha value is -1.47. The molecule has 0 radical (unpaired) electrons. The SMILES string of the molecule is CCS(=O)(=O)CC(=O)Nc1nc2c(C)ccc(C)c2s1. The minimum absolute atomic E-state index is 0.0432. The monoisotopic (exact) mass is 312 g/mol. The van der Waals surface area contributed by atoms with E-state index in [2.05, 4.69) is 10.3 Å². The van der Waals surface area contributed by atoms with Gasteiger partial charge in [0.2, 0.25) is 5.91 Å². The summed E-state index contributed by atoms with van der Waals surface area (Å²) in [5, 5.41) is 3.00. The second kappa shape index (κ2) is 5.49. The lowest BCUT2D eigenvalue weighted by atomic mass is 10.1. The van der Waals surface area contributed by atoms with Crippen LogP contribution in [0, 0.1) is 13.8 Å². The van der Waals surface area contributed by atoms with E-state index in [1.54, 1.807) is 0 Å². The molecule has 0 aliphatic heterocycles. The molecular weight excluding hydrogens is 296 g/mol. The fourth-order valence-corrected chi connectivity index (χ4v) is 3.47. The van der Waals surface area contributed by atoms with Gasteiger partial charge in [0.1, 0.15) is 5.75 Å². The van der Waals surface area contributed by atoms with Crippen LogP contribution < -0.4 is 5.32 Å². The molecule has 0 saturated carbocycles. The lowest BCUT2D eigenvalue weighted by Crippen LogP contribution is -2.23. The molecule has 7 heteroatoms. The number of carbonyl (C=O) groups is 1. The number of nitrogens with zero attached hydrogens (tertiary/aromatic N) is 1. The van der Waals surface area contributed by atoms with Gasteiger partial charge >= 0.3 is 0 Å². The van der Waals surface area contributed by atoms with E-state index >= 15 is 0 Å². The van der Waals surface area contributed by atoms with E-state index in [9.17, 15) is 13.2 Å². The Balaban J connectivity index is 2.25. The Kier molecular flexibility index (Phi) is 4.10. The topological polar surface area (TPSA) is 76.1 Å². The highest BCUT2D eigenvalue weighted by Gasteiger charge is 2.16. The van der Waals surface area contributed by atoms with Gasteiger partial charge in [0, 0.05) is 5.75 Å². The van der Waals surface area contributed by atoms with Gasteiger partial charge in [0.25, 0.3) is 0 Å². The number of aromatic nitrogens is 1. The van der Waals surface area contributed by atoms with E-state index < -0.39 is 21.5 Å². The van der Waals surface area contributed by atoms with Crippen molar-refractivity contribution in [1.29, 1.82) is 0 Å². The van der Waals surface area contributed by atoms with Crippen LogP contribution in [-0.2, 0) is 14.6 Å². The maximum Gasteiger partial charge on any atom is 0.241 e. The van der Waals surface area contributed by atoms with E-state index in [4.69, 9.17) is 0 Å². The number of benzene rings is 1. The minimum atomic E-state index is -3.32. The molecule has 0 spiro atoms. The molecule has 1 heterocycles. The van der Waals surface area contributed by atoms with Gasteiger partial charge in [-0.2, -0.15) is 0 Å². The molecule has 1 N–H and O–H groups in total. The van der Waals surface area contributed by atoms with Gasteiger partial charge in [-0.25, -0.2) is 13.4 Å². The van der Waals surface area contributed by atoms with Crippen molar-refractivity contribution >= 4 is 42.4 Å². The third kappa shape index (κ3) is 3.16. The molecule has 1 aromatic heterocycles. The zero-order valence-corrected chi connectivity index (χ0v) is 13.2. The fraction of sp³-hybridized carbons (Fsp3) is 0.385. The van der Waals surface area contributed by atoms with Crippen LogP contribution in [0.3, 0.4) is 0 Å². The Morgan fingerprint density at radius 2 is 1.95 bits per heavy atom. The Bertz CT molecular complexity index is 724. The van der Waals surface area contributed by atoms with Gasteiger partial charge in [-0.1, -0.05) is 30.4 Å². The summed E-state index contributed by atoms with van der Waals surface area (Å²) in [6.45, 7) is 5.45. The van der Waals surface area contributed by atoms with Crippen molar-refractivity contribution in [2.24, 2.45) is 0 Å². The highest BCUT2D eigenvalue weighted by molar-refractivity contribution is 7.92. The van der Waals surface area contributed by atoms with Crippen molar-refractivity contribution in [3.63, 3.8) is 0 Å². The number of hydrogen-bond acceptors (Lipinski definition) is 5. The van der Waals surface area contributed by atoms with Gasteiger partial charge < -0.3 is 5.32 Å². The summed E-state index contributed by atoms with van der Waals surface area (Å²) in [4.78, 5) is 16.1. The quantitative estimate of drug-likeness (QED) is 0.939. The third-order valence-corrected chi connectivity index (χ3v) is 5.67. The number of thiazole rings is 1. The van der Waals surface area contributed by atoms with Crippen LogP contribution in [0.25, 0.3) is 10.2 Å². The van der Waals surface area contributed by atoms with Crippen molar-refractivity contribution in [2.75, 3.05) is 16.8 Å². The average Bonchev–Trinajstić information content (AvgIpc) is 2.78. The summed E-state index contributed by atoms with van der Waals surface area (Å²) in [7, 11) is -3.32. The number of fused-ring (bicyclic) bond motifs is 1. The first-order chi connectivity index (χ1) is 9.32. The molecule has 5 nitrogen and oxygen atoms in total. The third-order valence-electron chi connectivity index (χ3n) is 2.98. The van der Waals surface area contributed by atoms with Gasteiger partial charge in [0.15, 0.2) is 15.0 Å². The van der Waals surface area contributed by atoms with Gasteiger partial charge in [-0.3, -0.25) is 4.79 Å². The lowest BCUT2D eigenvalue weighted by molar-refractivity contribution is -0.113. The zero-order chi connectivity index (χ0) is 14.9. The smallest absolute Gasteiger partial charge is 0.241 e. The number of sulfone groups is 1. The maximum absolute atomic E-state index is 11.7. The first-order valence-electron chi connectivity index (χ1n) is 6.19. The molecule has 0 aliphatic carbocycles. The van der Waals surface area contributed by atoms with Crippen LogP contribution in [0.4, 0.5) is 5.13 Å². The highest BCUT2D eigenvalue weighted by atomic mass is 32.2. The zero-order valence-electron chi connectivity index (χ0n) is 11.6. The van der Waals surface area contributed by atoms with E-state index in [1.165, 1.54) is 18.3 Å². The number of aryl methyl sites for hydroxylation is 2. The van der Waals surface area contributed by atoms with Gasteiger partial charge in [0.05, 0.1) is 10.2 Å². The fourth-order valence-electron chi connectivity index (χ4n) is 1.77. The number of carbonyl (C=O) groups excluding carboxylic acids is 1. The number of anilines is 1. The summed E-state index contributed by atoms with van der Waals surface area (Å²) in [5.74, 6) is -1.09. The molecule has 0 aliphatic rings. The maximum atomic E-state index is 11.7. The molecule has 0 bridgehead atoms. The van der Waals surface area contributed by atoms with Crippen LogP contribution in [0.2, 0.25) is 0 Å². The average molecular weight is 312 g/mol. The molecule has 20 heavy (non-hydrogen) atoms. The summed E-state index contributed by atoms with van der Waals surface area (Å²) >= 11 is 1.36. The summed E-state index contributed by atoms with van der Waals surface area (Å²) in [6.07, 6.45) is 0. The first-order valence-corrected chi connectivity index (χ1v) is 8.83. The van der Waals surface area contributed by atoms with E-state index in [0.29, 0.717) is 5.13 Å². The molecular formula is C13H16N2O3S2. The van der Waals surface area contributed by atoms with E-state index in [-0.39, 0.29) is 5.75 Å². The molecule has 2 aromatic rings. The second-order valence-electron chi connectivity index (χ2n) is 4.62. The van der Waals surface area contributed by atoms with E-state index in [1.807, 2.05) is 26.0 Å². The predicted octanol–water partition coefficient (Wildman–Crippen LogP) is 2.29. The Labute approximate surface area is 121 Å². The molecule has 108 valence electrons. The van der Waals surface area contributed by atoms with E-state index in [0.717, 1.165) is 21.3 Å². The van der Waals surface area contributed by atoms with Crippen molar-refractivity contribution in [1.82, 2.24) is 4.98 Å². The van der Waals surface area contributed by atoms with Crippen molar-refractivity contribution < 1.29 is 13.2 Å². The minimum Gasteiger partial charge on any atom is -0.301 e. The summed E-state index contributed by atoms with van der Waals surface area (Å²) in [5.41, 5.74) is 2.97. The highest BCUT2D eigenvalue weighted by Crippen LogP contribution is 2.30. The molecule has 0 unspecified atom stereocenters. The molecule has 0 fully saturated rings. The lowest BCUT2D eigenvalue weighted by Gasteiger charge is -2.01. The molecule has 1 aromatic carbocycles. The number of nitrogens with one attached hydrogen (secondary N) is 1. The molecule has 0 saturated heterocycles. The summed E-state index contributed by atoms with van der Waals surface area (Å²) in [6, 6.07) is 3.98. The van der Waals surface area contributed by atoms with Gasteiger partial charge in [-0.15, -0.1) is 0 Å². The van der Waals surface area contributed by atoms with Crippen molar-refractivity contribution in [2.45, 2.75) is 20.8 Å². The first kappa shape index (κ1) is 14.9. The Morgan fingerprint density at radius 3 is 2.55 bits per heavy atom. The number of amides is 1.